The summed E-state index contributed by atoms with van der Waals surface area (Å²) in [5.41, 5.74) is 0.351. The van der Waals surface area contributed by atoms with Crippen LogP contribution in [-0.2, 0) is 14.3 Å². The molecule has 2 aliphatic rings. The highest BCUT2D eigenvalue weighted by Crippen LogP contribution is 2.27. The number of hydrogen-bond acceptors (Lipinski definition) is 6. The van der Waals surface area contributed by atoms with E-state index in [1.807, 2.05) is 32.9 Å². The maximum Gasteiger partial charge on any atom is 0.410 e. The lowest BCUT2D eigenvalue weighted by atomic mass is 9.91. The molecule has 3 rings (SSSR count). The number of piperidine rings is 1. The number of hydrogen-bond donors (Lipinski definition) is 1. The monoisotopic (exact) mass is 388 g/mol. The predicted octanol–water partition coefficient (Wildman–Crippen LogP) is 2.05. The number of nitrogens with zero attached hydrogens (tertiary/aromatic N) is 3. The van der Waals surface area contributed by atoms with Gasteiger partial charge in [0.1, 0.15) is 11.4 Å². The zero-order chi connectivity index (χ0) is 20.3. The minimum absolute atomic E-state index is 0.217. The van der Waals surface area contributed by atoms with Gasteiger partial charge in [-0.25, -0.2) is 9.78 Å². The molecule has 2 saturated heterocycles. The molecule has 8 nitrogen and oxygen atoms in total. The van der Waals surface area contributed by atoms with Crippen molar-refractivity contribution in [1.29, 1.82) is 0 Å². The molecule has 1 unspecified atom stereocenters. The first-order valence-corrected chi connectivity index (χ1v) is 9.75. The summed E-state index contributed by atoms with van der Waals surface area (Å²) in [5.74, 6) is -0.0106. The first-order chi connectivity index (χ1) is 13.2. The minimum atomic E-state index is -0.513. The van der Waals surface area contributed by atoms with Gasteiger partial charge < -0.3 is 14.5 Å². The number of ether oxygens (including phenoxy) is 1. The Bertz CT molecular complexity index is 759. The molecule has 3 amide bonds. The maximum atomic E-state index is 12.3. The molecule has 0 aliphatic carbocycles. The normalized spacial score (nSPS) is 21.2. The number of rotatable bonds is 2. The number of anilines is 1. The van der Waals surface area contributed by atoms with Gasteiger partial charge in [-0.1, -0.05) is 0 Å². The Kier molecular flexibility index (Phi) is 5.86. The third-order valence-electron chi connectivity index (χ3n) is 4.88. The highest BCUT2D eigenvalue weighted by molar-refractivity contribution is 6.00. The van der Waals surface area contributed by atoms with Crippen LogP contribution in [0.4, 0.5) is 10.6 Å². The van der Waals surface area contributed by atoms with E-state index in [4.69, 9.17) is 4.74 Å². The second-order valence-corrected chi connectivity index (χ2v) is 8.26. The van der Waals surface area contributed by atoms with Gasteiger partial charge in [0.15, 0.2) is 0 Å². The number of carbonyl (C=O) groups is 3. The molecule has 3 heterocycles. The highest BCUT2D eigenvalue weighted by atomic mass is 16.6. The van der Waals surface area contributed by atoms with Crippen molar-refractivity contribution in [1.82, 2.24) is 15.2 Å². The molecule has 1 aromatic rings. The Morgan fingerprint density at radius 1 is 1.21 bits per heavy atom. The number of amides is 3. The molecule has 2 fully saturated rings. The van der Waals surface area contributed by atoms with Gasteiger partial charge in [0.25, 0.3) is 0 Å². The molecule has 1 aromatic heterocycles. The molecule has 0 radical (unpaired) electrons. The molecule has 28 heavy (non-hydrogen) atoms. The fraction of sp³-hybridized carbons (Fsp3) is 0.600. The second-order valence-electron chi connectivity index (χ2n) is 8.26. The summed E-state index contributed by atoms with van der Waals surface area (Å²) in [4.78, 5) is 44.2. The van der Waals surface area contributed by atoms with Gasteiger partial charge in [0.2, 0.25) is 11.8 Å². The number of pyridine rings is 1. The Morgan fingerprint density at radius 2 is 2.00 bits per heavy atom. The van der Waals surface area contributed by atoms with Gasteiger partial charge in [-0.05, 0) is 51.3 Å². The molecule has 152 valence electrons. The van der Waals surface area contributed by atoms with Gasteiger partial charge in [0, 0.05) is 38.8 Å². The smallest absolute Gasteiger partial charge is 0.410 e. The van der Waals surface area contributed by atoms with Crippen molar-refractivity contribution in [3.8, 4) is 0 Å². The SMILES string of the molecule is CC(C)(C)OC(=O)N1CCCN(c2cc(C3CCC(=O)NC3=O)ccn2)CC1. The van der Waals surface area contributed by atoms with Crippen molar-refractivity contribution in [3.63, 3.8) is 0 Å². The largest absolute Gasteiger partial charge is 0.444 e. The molecule has 8 heteroatoms. The number of aromatic nitrogens is 1. The summed E-state index contributed by atoms with van der Waals surface area (Å²) in [6, 6.07) is 3.75. The van der Waals surface area contributed by atoms with Crippen molar-refractivity contribution < 1.29 is 19.1 Å². The molecule has 0 spiro atoms. The molecular formula is C20H28N4O4. The van der Waals surface area contributed by atoms with Crippen LogP contribution in [0.3, 0.4) is 0 Å². The highest BCUT2D eigenvalue weighted by Gasteiger charge is 2.29. The zero-order valence-corrected chi connectivity index (χ0v) is 16.7. The van der Waals surface area contributed by atoms with Gasteiger partial charge in [-0.15, -0.1) is 0 Å². The Hall–Kier alpha value is -2.64. The summed E-state index contributed by atoms with van der Waals surface area (Å²) in [6.45, 7) is 8.19. The van der Waals surface area contributed by atoms with Crippen LogP contribution in [0.5, 0.6) is 0 Å². The topological polar surface area (TPSA) is 91.8 Å². The van der Waals surface area contributed by atoms with Gasteiger partial charge in [-0.2, -0.15) is 0 Å². The van der Waals surface area contributed by atoms with E-state index < -0.39 is 5.60 Å². The van der Waals surface area contributed by atoms with E-state index in [1.54, 1.807) is 11.1 Å². The standard InChI is InChI=1S/C20H28N4O4/c1-20(2,3)28-19(27)24-10-4-9-23(11-12-24)16-13-14(7-8-21-16)15-5-6-17(25)22-18(15)26/h7-8,13,15H,4-6,9-12H2,1-3H3,(H,22,25,26). The summed E-state index contributed by atoms with van der Waals surface area (Å²) in [7, 11) is 0. The Labute approximate surface area is 165 Å². The number of carbonyl (C=O) groups excluding carboxylic acids is 3. The quantitative estimate of drug-likeness (QED) is 0.780. The van der Waals surface area contributed by atoms with Crippen LogP contribution in [0.15, 0.2) is 18.3 Å². The Morgan fingerprint density at radius 3 is 2.71 bits per heavy atom. The third-order valence-corrected chi connectivity index (χ3v) is 4.88. The zero-order valence-electron chi connectivity index (χ0n) is 16.7. The summed E-state index contributed by atoms with van der Waals surface area (Å²) >= 11 is 0. The average molecular weight is 388 g/mol. The van der Waals surface area contributed by atoms with E-state index in [2.05, 4.69) is 15.2 Å². The molecule has 0 bridgehead atoms. The maximum absolute atomic E-state index is 12.3. The summed E-state index contributed by atoms with van der Waals surface area (Å²) in [5, 5.41) is 2.40. The first kappa shape index (κ1) is 20.1. The average Bonchev–Trinajstić information content (AvgIpc) is 2.87. The van der Waals surface area contributed by atoms with Crippen molar-refractivity contribution >= 4 is 23.7 Å². The van der Waals surface area contributed by atoms with Gasteiger partial charge >= 0.3 is 6.09 Å². The van der Waals surface area contributed by atoms with Crippen molar-refractivity contribution in [2.45, 2.75) is 51.6 Å². The first-order valence-electron chi connectivity index (χ1n) is 9.75. The van der Waals surface area contributed by atoms with Crippen LogP contribution >= 0.6 is 0 Å². The van der Waals surface area contributed by atoms with Crippen LogP contribution in [0.25, 0.3) is 0 Å². The number of imide groups is 1. The van der Waals surface area contributed by atoms with Crippen LogP contribution in [0.1, 0.15) is 51.5 Å². The lowest BCUT2D eigenvalue weighted by Crippen LogP contribution is -2.40. The van der Waals surface area contributed by atoms with Crippen LogP contribution in [-0.4, -0.2) is 59.6 Å². The van der Waals surface area contributed by atoms with E-state index in [0.29, 0.717) is 32.5 Å². The van der Waals surface area contributed by atoms with E-state index >= 15 is 0 Å². The summed E-state index contributed by atoms with van der Waals surface area (Å²) in [6.07, 6.45) is 3.08. The van der Waals surface area contributed by atoms with E-state index in [0.717, 1.165) is 24.3 Å². The van der Waals surface area contributed by atoms with E-state index in [-0.39, 0.29) is 23.8 Å². The number of nitrogens with one attached hydrogen (secondary N) is 1. The van der Waals surface area contributed by atoms with Crippen molar-refractivity contribution in [3.05, 3.63) is 23.9 Å². The van der Waals surface area contributed by atoms with Gasteiger partial charge in [-0.3, -0.25) is 14.9 Å². The molecular weight excluding hydrogens is 360 g/mol. The van der Waals surface area contributed by atoms with Crippen molar-refractivity contribution in [2.75, 3.05) is 31.1 Å². The van der Waals surface area contributed by atoms with Crippen LogP contribution in [0, 0.1) is 0 Å². The van der Waals surface area contributed by atoms with Gasteiger partial charge in [0.05, 0.1) is 5.92 Å². The minimum Gasteiger partial charge on any atom is -0.444 e. The van der Waals surface area contributed by atoms with E-state index in [1.165, 1.54) is 0 Å². The lowest BCUT2D eigenvalue weighted by molar-refractivity contribution is -0.134. The second kappa shape index (κ2) is 8.16. The fourth-order valence-electron chi connectivity index (χ4n) is 3.49. The van der Waals surface area contributed by atoms with Crippen molar-refractivity contribution in [2.24, 2.45) is 0 Å². The fourth-order valence-corrected chi connectivity index (χ4v) is 3.49. The summed E-state index contributed by atoms with van der Waals surface area (Å²) < 4.78 is 5.47. The molecule has 0 saturated carbocycles. The molecule has 2 aliphatic heterocycles. The third kappa shape index (κ3) is 4.99. The predicted molar refractivity (Wildman–Crippen MR) is 104 cm³/mol. The molecule has 1 N–H and O–H groups in total. The molecule has 1 atom stereocenters. The van der Waals surface area contributed by atoms with Crippen LogP contribution in [0.2, 0.25) is 0 Å². The van der Waals surface area contributed by atoms with E-state index in [9.17, 15) is 14.4 Å². The van der Waals surface area contributed by atoms with Crippen LogP contribution < -0.4 is 10.2 Å². The molecule has 0 aromatic carbocycles. The Balaban J connectivity index is 1.67. The lowest BCUT2D eigenvalue weighted by Gasteiger charge is -2.27.